The van der Waals surface area contributed by atoms with E-state index in [1.54, 1.807) is 7.11 Å². The number of hydrogen-bond acceptors (Lipinski definition) is 2. The van der Waals surface area contributed by atoms with E-state index in [-0.39, 0.29) is 0 Å². The van der Waals surface area contributed by atoms with E-state index in [4.69, 9.17) is 9.47 Å². The second-order valence-corrected chi connectivity index (χ2v) is 4.03. The van der Waals surface area contributed by atoms with Crippen LogP contribution >= 0.6 is 0 Å². The first-order chi connectivity index (χ1) is 8.81. The van der Waals surface area contributed by atoms with Gasteiger partial charge in [-0.15, -0.1) is 0 Å². The summed E-state index contributed by atoms with van der Waals surface area (Å²) in [7, 11) is 1.67. The van der Waals surface area contributed by atoms with Gasteiger partial charge in [0.25, 0.3) is 0 Å². The maximum Gasteiger partial charge on any atom is 0.118 e. The Morgan fingerprint density at radius 1 is 1.22 bits per heavy atom. The summed E-state index contributed by atoms with van der Waals surface area (Å²) in [5, 5.41) is 0. The van der Waals surface area contributed by atoms with Crippen molar-refractivity contribution in [2.75, 3.05) is 7.11 Å². The van der Waals surface area contributed by atoms with E-state index < -0.39 is 0 Å². The van der Waals surface area contributed by atoms with Gasteiger partial charge in [0.15, 0.2) is 0 Å². The zero-order valence-electron chi connectivity index (χ0n) is 10.6. The predicted octanol–water partition coefficient (Wildman–Crippen LogP) is 3.87. The molecule has 2 nitrogen and oxygen atoms in total. The third kappa shape index (κ3) is 3.27. The number of methoxy groups -OCH3 is 1. The predicted molar refractivity (Wildman–Crippen MR) is 73.4 cm³/mol. The molecular formula is C16H17O2. The molecule has 2 rings (SSSR count). The molecule has 0 aromatic heterocycles. The van der Waals surface area contributed by atoms with Crippen molar-refractivity contribution in [2.45, 2.75) is 13.0 Å². The summed E-state index contributed by atoms with van der Waals surface area (Å²) in [6.45, 7) is 4.30. The summed E-state index contributed by atoms with van der Waals surface area (Å²) < 4.78 is 10.9. The van der Waals surface area contributed by atoms with Crippen LogP contribution in [0.1, 0.15) is 17.5 Å². The molecule has 1 aromatic carbocycles. The van der Waals surface area contributed by atoms with Crippen LogP contribution in [0.15, 0.2) is 54.5 Å². The van der Waals surface area contributed by atoms with Crippen LogP contribution in [-0.2, 0) is 16.1 Å². The monoisotopic (exact) mass is 241 g/mol. The molecule has 0 unspecified atom stereocenters. The summed E-state index contributed by atoms with van der Waals surface area (Å²) in [5.74, 6) is 1.72. The SMILES string of the molecule is C=Cc1ccc(COC2=CC(OC)=CC[CH]2)cc1. The second kappa shape index (κ2) is 6.10. The van der Waals surface area contributed by atoms with Crippen LogP contribution in [0, 0.1) is 6.42 Å². The Kier molecular flexibility index (Phi) is 4.24. The van der Waals surface area contributed by atoms with Gasteiger partial charge in [0.05, 0.1) is 7.11 Å². The van der Waals surface area contributed by atoms with Gasteiger partial charge in [-0.1, -0.05) is 36.9 Å². The lowest BCUT2D eigenvalue weighted by molar-refractivity contribution is 0.199. The summed E-state index contributed by atoms with van der Waals surface area (Å²) in [6.07, 6.45) is 8.65. The van der Waals surface area contributed by atoms with Crippen LogP contribution in [0.2, 0.25) is 0 Å². The lowest BCUT2D eigenvalue weighted by Crippen LogP contribution is -2.00. The molecule has 1 aliphatic carbocycles. The Balaban J connectivity index is 1.93. The standard InChI is InChI=1S/C16H17O2/c1-3-13-7-9-14(10-8-13)12-18-16-6-4-5-15(11-16)17-2/h3,5-11H,1,4,12H2,2H3. The van der Waals surface area contributed by atoms with Crippen molar-refractivity contribution < 1.29 is 9.47 Å². The van der Waals surface area contributed by atoms with Gasteiger partial charge in [0.1, 0.15) is 18.1 Å². The molecule has 0 saturated heterocycles. The number of rotatable bonds is 5. The quantitative estimate of drug-likeness (QED) is 0.779. The zero-order chi connectivity index (χ0) is 12.8. The van der Waals surface area contributed by atoms with Crippen molar-refractivity contribution in [3.63, 3.8) is 0 Å². The van der Waals surface area contributed by atoms with Gasteiger partial charge in [-0.2, -0.15) is 0 Å². The largest absolute Gasteiger partial charge is 0.497 e. The van der Waals surface area contributed by atoms with E-state index in [1.165, 1.54) is 0 Å². The molecule has 18 heavy (non-hydrogen) atoms. The molecule has 0 spiro atoms. The van der Waals surface area contributed by atoms with Gasteiger partial charge in [0, 0.05) is 12.5 Å². The van der Waals surface area contributed by atoms with E-state index in [0.717, 1.165) is 29.1 Å². The molecule has 0 saturated carbocycles. The Labute approximate surface area is 108 Å². The second-order valence-electron chi connectivity index (χ2n) is 4.03. The van der Waals surface area contributed by atoms with Gasteiger partial charge in [0.2, 0.25) is 0 Å². The fourth-order valence-electron chi connectivity index (χ4n) is 1.71. The minimum Gasteiger partial charge on any atom is -0.497 e. The average Bonchev–Trinajstić information content (AvgIpc) is 2.46. The molecule has 0 amide bonds. The van der Waals surface area contributed by atoms with Crippen LogP contribution in [-0.4, -0.2) is 7.11 Å². The Bertz CT molecular complexity index is 466. The van der Waals surface area contributed by atoms with E-state index in [2.05, 4.69) is 6.58 Å². The Morgan fingerprint density at radius 2 is 2.00 bits per heavy atom. The van der Waals surface area contributed by atoms with Gasteiger partial charge in [-0.3, -0.25) is 0 Å². The van der Waals surface area contributed by atoms with Crippen molar-refractivity contribution in [1.82, 2.24) is 0 Å². The fourth-order valence-corrected chi connectivity index (χ4v) is 1.71. The first-order valence-electron chi connectivity index (χ1n) is 5.95. The van der Waals surface area contributed by atoms with Crippen molar-refractivity contribution in [2.24, 2.45) is 0 Å². The molecule has 0 heterocycles. The van der Waals surface area contributed by atoms with E-state index >= 15 is 0 Å². The average molecular weight is 241 g/mol. The highest BCUT2D eigenvalue weighted by Crippen LogP contribution is 2.19. The molecule has 2 heteroatoms. The lowest BCUT2D eigenvalue weighted by Gasteiger charge is -2.14. The van der Waals surface area contributed by atoms with Crippen LogP contribution in [0.25, 0.3) is 6.08 Å². The fraction of sp³-hybridized carbons (Fsp3) is 0.188. The van der Waals surface area contributed by atoms with Gasteiger partial charge >= 0.3 is 0 Å². The maximum absolute atomic E-state index is 5.73. The van der Waals surface area contributed by atoms with Gasteiger partial charge in [-0.05, 0) is 23.6 Å². The number of hydrogen-bond donors (Lipinski definition) is 0. The lowest BCUT2D eigenvalue weighted by atomic mass is 10.1. The highest BCUT2D eigenvalue weighted by Gasteiger charge is 2.07. The molecule has 0 bridgehead atoms. The van der Waals surface area contributed by atoms with Crippen LogP contribution in [0.3, 0.4) is 0 Å². The van der Waals surface area contributed by atoms with E-state index in [0.29, 0.717) is 6.61 Å². The molecule has 0 atom stereocenters. The highest BCUT2D eigenvalue weighted by atomic mass is 16.5. The van der Waals surface area contributed by atoms with Crippen molar-refractivity contribution in [3.05, 3.63) is 72.1 Å². The summed E-state index contributed by atoms with van der Waals surface area (Å²) in [6, 6.07) is 8.16. The van der Waals surface area contributed by atoms with Gasteiger partial charge < -0.3 is 9.47 Å². The number of benzene rings is 1. The third-order valence-corrected chi connectivity index (χ3v) is 2.78. The van der Waals surface area contributed by atoms with Crippen molar-refractivity contribution >= 4 is 6.08 Å². The van der Waals surface area contributed by atoms with Crippen molar-refractivity contribution in [3.8, 4) is 0 Å². The summed E-state index contributed by atoms with van der Waals surface area (Å²) in [4.78, 5) is 0. The molecule has 1 aliphatic rings. The van der Waals surface area contributed by atoms with Crippen molar-refractivity contribution in [1.29, 1.82) is 0 Å². The number of allylic oxidation sites excluding steroid dienone is 3. The first-order valence-corrected chi connectivity index (χ1v) is 5.95. The highest BCUT2D eigenvalue weighted by molar-refractivity contribution is 5.47. The molecule has 1 radical (unpaired) electrons. The Hall–Kier alpha value is -1.96. The van der Waals surface area contributed by atoms with E-state index in [9.17, 15) is 0 Å². The molecule has 1 aromatic rings. The third-order valence-electron chi connectivity index (χ3n) is 2.78. The van der Waals surface area contributed by atoms with Crippen LogP contribution in [0.5, 0.6) is 0 Å². The van der Waals surface area contributed by atoms with E-state index in [1.807, 2.05) is 48.9 Å². The normalized spacial score (nSPS) is 14.5. The molecule has 0 N–H and O–H groups in total. The maximum atomic E-state index is 5.73. The molecule has 93 valence electrons. The van der Waals surface area contributed by atoms with Crippen LogP contribution < -0.4 is 0 Å². The minimum absolute atomic E-state index is 0.566. The zero-order valence-corrected chi connectivity index (χ0v) is 10.6. The van der Waals surface area contributed by atoms with Crippen LogP contribution in [0.4, 0.5) is 0 Å². The Morgan fingerprint density at radius 3 is 2.67 bits per heavy atom. The smallest absolute Gasteiger partial charge is 0.118 e. The topological polar surface area (TPSA) is 18.5 Å². The van der Waals surface area contributed by atoms with Gasteiger partial charge in [-0.25, -0.2) is 0 Å². The first kappa shape index (κ1) is 12.5. The summed E-state index contributed by atoms with van der Waals surface area (Å²) in [5.41, 5.74) is 2.26. The summed E-state index contributed by atoms with van der Waals surface area (Å²) >= 11 is 0. The molecule has 0 fully saturated rings. The number of ether oxygens (including phenoxy) is 2. The molecular weight excluding hydrogens is 224 g/mol. The molecule has 0 aliphatic heterocycles. The minimum atomic E-state index is 0.566.